The van der Waals surface area contributed by atoms with E-state index in [1.54, 1.807) is 0 Å². The molecule has 3 aromatic carbocycles. The lowest BCUT2D eigenvalue weighted by atomic mass is 9.91. The summed E-state index contributed by atoms with van der Waals surface area (Å²) in [4.78, 5) is 11.7. The van der Waals surface area contributed by atoms with Crippen LogP contribution in [-0.4, -0.2) is 5.91 Å². The van der Waals surface area contributed by atoms with Gasteiger partial charge in [0.05, 0.1) is 0 Å². The molecule has 23 heavy (non-hydrogen) atoms. The van der Waals surface area contributed by atoms with Crippen molar-refractivity contribution < 1.29 is 9.18 Å². The van der Waals surface area contributed by atoms with Gasteiger partial charge in [0.2, 0.25) is 5.91 Å². The second-order valence-corrected chi connectivity index (χ2v) is 6.08. The third-order valence-corrected chi connectivity index (χ3v) is 4.51. The van der Waals surface area contributed by atoms with E-state index in [9.17, 15) is 9.18 Å². The van der Waals surface area contributed by atoms with Crippen LogP contribution in [0.4, 0.5) is 4.39 Å². The average Bonchev–Trinajstić information content (AvgIpc) is 3.38. The molecule has 114 valence electrons. The maximum absolute atomic E-state index is 13.8. The average molecular weight is 305 g/mol. The van der Waals surface area contributed by atoms with E-state index < -0.39 is 5.91 Å². The first-order valence-electron chi connectivity index (χ1n) is 7.76. The SMILES string of the molecule is NC(=O)c1ccc(F)cc1-c1cccc2c(C3CC3)cccc12. The highest BCUT2D eigenvalue weighted by Gasteiger charge is 2.25. The van der Waals surface area contributed by atoms with Gasteiger partial charge in [0.1, 0.15) is 5.82 Å². The van der Waals surface area contributed by atoms with Gasteiger partial charge in [-0.2, -0.15) is 0 Å². The second kappa shape index (κ2) is 5.20. The fourth-order valence-electron chi connectivity index (χ4n) is 3.27. The highest BCUT2D eigenvalue weighted by Crippen LogP contribution is 2.44. The first-order chi connectivity index (χ1) is 11.1. The van der Waals surface area contributed by atoms with E-state index >= 15 is 0 Å². The van der Waals surface area contributed by atoms with E-state index in [2.05, 4.69) is 12.1 Å². The molecule has 0 heterocycles. The molecule has 0 aromatic heterocycles. The van der Waals surface area contributed by atoms with E-state index in [1.807, 2.05) is 24.3 Å². The molecular weight excluding hydrogens is 289 g/mol. The van der Waals surface area contributed by atoms with Crippen LogP contribution < -0.4 is 5.73 Å². The van der Waals surface area contributed by atoms with Gasteiger partial charge in [-0.1, -0.05) is 36.4 Å². The monoisotopic (exact) mass is 305 g/mol. The molecule has 1 aliphatic carbocycles. The Morgan fingerprint density at radius 1 is 0.957 bits per heavy atom. The fraction of sp³-hybridized carbons (Fsp3) is 0.150. The van der Waals surface area contributed by atoms with Gasteiger partial charge >= 0.3 is 0 Å². The van der Waals surface area contributed by atoms with Crippen LogP contribution in [0.15, 0.2) is 54.6 Å². The van der Waals surface area contributed by atoms with Crippen molar-refractivity contribution in [2.24, 2.45) is 5.73 Å². The Morgan fingerprint density at radius 2 is 1.70 bits per heavy atom. The molecule has 1 fully saturated rings. The molecule has 0 spiro atoms. The predicted molar refractivity (Wildman–Crippen MR) is 89.8 cm³/mol. The highest BCUT2D eigenvalue weighted by molar-refractivity contribution is 6.06. The molecule has 1 aliphatic rings. The van der Waals surface area contributed by atoms with E-state index in [4.69, 9.17) is 5.73 Å². The fourth-order valence-corrected chi connectivity index (χ4v) is 3.27. The zero-order valence-corrected chi connectivity index (χ0v) is 12.6. The highest BCUT2D eigenvalue weighted by atomic mass is 19.1. The van der Waals surface area contributed by atoms with Crippen LogP contribution >= 0.6 is 0 Å². The Kier molecular flexibility index (Phi) is 3.15. The van der Waals surface area contributed by atoms with Gasteiger partial charge in [-0.05, 0) is 64.4 Å². The maximum Gasteiger partial charge on any atom is 0.249 e. The van der Waals surface area contributed by atoms with Crippen LogP contribution in [0.25, 0.3) is 21.9 Å². The van der Waals surface area contributed by atoms with Gasteiger partial charge < -0.3 is 5.73 Å². The third-order valence-electron chi connectivity index (χ3n) is 4.51. The van der Waals surface area contributed by atoms with Crippen molar-refractivity contribution >= 4 is 16.7 Å². The molecule has 0 aliphatic heterocycles. The zero-order chi connectivity index (χ0) is 16.0. The summed E-state index contributed by atoms with van der Waals surface area (Å²) in [7, 11) is 0. The minimum absolute atomic E-state index is 0.343. The van der Waals surface area contributed by atoms with Crippen LogP contribution in [0.3, 0.4) is 0 Å². The van der Waals surface area contributed by atoms with Gasteiger partial charge in [0.25, 0.3) is 0 Å². The lowest BCUT2D eigenvalue weighted by molar-refractivity contribution is 0.100. The van der Waals surface area contributed by atoms with Crippen molar-refractivity contribution in [2.45, 2.75) is 18.8 Å². The standard InChI is InChI=1S/C20H16FNO/c21-13-9-10-18(20(22)23)19(11-13)17-6-2-4-15-14(12-7-8-12)3-1-5-16(15)17/h1-6,9-12H,7-8H2,(H2,22,23). The molecule has 0 saturated heterocycles. The lowest BCUT2D eigenvalue weighted by Gasteiger charge is -2.13. The molecule has 0 atom stereocenters. The van der Waals surface area contributed by atoms with Crippen molar-refractivity contribution in [1.29, 1.82) is 0 Å². The normalized spacial score (nSPS) is 14.1. The second-order valence-electron chi connectivity index (χ2n) is 6.08. The van der Waals surface area contributed by atoms with Crippen molar-refractivity contribution in [3.63, 3.8) is 0 Å². The largest absolute Gasteiger partial charge is 0.366 e. The van der Waals surface area contributed by atoms with E-state index in [1.165, 1.54) is 42.0 Å². The summed E-state index contributed by atoms with van der Waals surface area (Å²) < 4.78 is 13.8. The van der Waals surface area contributed by atoms with Crippen LogP contribution in [-0.2, 0) is 0 Å². The molecule has 0 bridgehead atoms. The van der Waals surface area contributed by atoms with Gasteiger partial charge in [-0.3, -0.25) is 4.79 Å². The number of hydrogen-bond donors (Lipinski definition) is 1. The van der Waals surface area contributed by atoms with Crippen LogP contribution in [0.1, 0.15) is 34.7 Å². The Balaban J connectivity index is 2.02. The number of rotatable bonds is 3. The molecule has 1 amide bonds. The molecule has 4 rings (SSSR count). The third kappa shape index (κ3) is 2.38. The van der Waals surface area contributed by atoms with Crippen LogP contribution in [0.5, 0.6) is 0 Å². The molecule has 0 radical (unpaired) electrons. The number of primary amides is 1. The van der Waals surface area contributed by atoms with E-state index in [-0.39, 0.29) is 5.82 Å². The molecule has 1 saturated carbocycles. The quantitative estimate of drug-likeness (QED) is 0.753. The number of carbonyl (C=O) groups is 1. The molecule has 2 nitrogen and oxygen atoms in total. The van der Waals surface area contributed by atoms with Crippen molar-refractivity contribution in [1.82, 2.24) is 0 Å². The molecule has 3 aromatic rings. The van der Waals surface area contributed by atoms with Gasteiger partial charge in [0.15, 0.2) is 0 Å². The van der Waals surface area contributed by atoms with Crippen molar-refractivity contribution in [3.05, 3.63) is 71.5 Å². The molecule has 3 heteroatoms. The summed E-state index contributed by atoms with van der Waals surface area (Å²) in [6.07, 6.45) is 2.44. The lowest BCUT2D eigenvalue weighted by Crippen LogP contribution is -2.12. The summed E-state index contributed by atoms with van der Waals surface area (Å²) in [6.45, 7) is 0. The number of nitrogens with two attached hydrogens (primary N) is 1. The van der Waals surface area contributed by atoms with Gasteiger partial charge in [0, 0.05) is 5.56 Å². The van der Waals surface area contributed by atoms with Crippen molar-refractivity contribution in [2.75, 3.05) is 0 Å². The number of halogens is 1. The summed E-state index contributed by atoms with van der Waals surface area (Å²) in [5.74, 6) is -0.298. The summed E-state index contributed by atoms with van der Waals surface area (Å²) in [5.41, 5.74) is 8.55. The summed E-state index contributed by atoms with van der Waals surface area (Å²) in [6, 6.07) is 16.3. The molecule has 2 N–H and O–H groups in total. The Bertz CT molecular complexity index is 928. The number of benzene rings is 3. The van der Waals surface area contributed by atoms with E-state index in [0.29, 0.717) is 17.0 Å². The Labute approximate surface area is 133 Å². The number of carbonyl (C=O) groups excluding carboxylic acids is 1. The van der Waals surface area contributed by atoms with Gasteiger partial charge in [-0.15, -0.1) is 0 Å². The minimum atomic E-state index is -0.546. The number of amides is 1. The minimum Gasteiger partial charge on any atom is -0.366 e. The molecular formula is C20H16FNO. The predicted octanol–water partition coefficient (Wildman–Crippen LogP) is 4.62. The number of fused-ring (bicyclic) bond motifs is 1. The van der Waals surface area contributed by atoms with Crippen LogP contribution in [0, 0.1) is 5.82 Å². The maximum atomic E-state index is 13.8. The first kappa shape index (κ1) is 13.9. The van der Waals surface area contributed by atoms with Crippen LogP contribution in [0.2, 0.25) is 0 Å². The smallest absolute Gasteiger partial charge is 0.249 e. The number of hydrogen-bond acceptors (Lipinski definition) is 1. The van der Waals surface area contributed by atoms with E-state index in [0.717, 1.165) is 10.9 Å². The summed E-state index contributed by atoms with van der Waals surface area (Å²) >= 11 is 0. The summed E-state index contributed by atoms with van der Waals surface area (Å²) in [5, 5.41) is 2.21. The van der Waals surface area contributed by atoms with Crippen molar-refractivity contribution in [3.8, 4) is 11.1 Å². The zero-order valence-electron chi connectivity index (χ0n) is 12.6. The Hall–Kier alpha value is -2.68. The topological polar surface area (TPSA) is 43.1 Å². The van der Waals surface area contributed by atoms with Gasteiger partial charge in [-0.25, -0.2) is 4.39 Å². The molecule has 0 unspecified atom stereocenters. The first-order valence-corrected chi connectivity index (χ1v) is 7.76. The Morgan fingerprint density at radius 3 is 2.43 bits per heavy atom.